The highest BCUT2D eigenvalue weighted by atomic mass is 19.3. The second-order valence-electron chi connectivity index (χ2n) is 4.42. The number of halogens is 3. The molecule has 0 saturated carbocycles. The summed E-state index contributed by atoms with van der Waals surface area (Å²) in [4.78, 5) is 1.66. The van der Waals surface area contributed by atoms with Gasteiger partial charge in [-0.2, -0.15) is 5.26 Å². The smallest absolute Gasteiger partial charge is 0.258 e. The van der Waals surface area contributed by atoms with Gasteiger partial charge in [-0.05, 0) is 17.7 Å². The Balaban J connectivity index is 2.31. The van der Waals surface area contributed by atoms with E-state index >= 15 is 0 Å². The van der Waals surface area contributed by atoms with Crippen LogP contribution in [0.2, 0.25) is 0 Å². The van der Waals surface area contributed by atoms with Gasteiger partial charge in [0.1, 0.15) is 11.9 Å². The molecule has 1 aromatic rings. The van der Waals surface area contributed by atoms with Crippen molar-refractivity contribution in [3.8, 4) is 6.07 Å². The molecular weight excluding hydrogens is 255 g/mol. The molecule has 1 aliphatic rings. The van der Waals surface area contributed by atoms with E-state index < -0.39 is 18.3 Å². The van der Waals surface area contributed by atoms with E-state index in [-0.39, 0.29) is 11.1 Å². The Morgan fingerprint density at radius 2 is 1.95 bits per heavy atom. The Kier molecular flexibility index (Phi) is 4.40. The highest BCUT2D eigenvalue weighted by Gasteiger charge is 2.30. The first kappa shape index (κ1) is 13.8. The zero-order chi connectivity index (χ0) is 13.8. The van der Waals surface area contributed by atoms with Crippen molar-refractivity contribution in [1.82, 2.24) is 10.2 Å². The van der Waals surface area contributed by atoms with Gasteiger partial charge in [-0.15, -0.1) is 0 Å². The third-order valence-electron chi connectivity index (χ3n) is 3.24. The predicted molar refractivity (Wildman–Crippen MR) is 64.3 cm³/mol. The molecule has 3 nitrogen and oxygen atoms in total. The lowest BCUT2D eigenvalue weighted by Gasteiger charge is -2.34. The minimum absolute atomic E-state index is 0.196. The zero-order valence-electron chi connectivity index (χ0n) is 10.2. The number of nitrogens with one attached hydrogen (secondary N) is 1. The molecule has 6 heteroatoms. The Labute approximate surface area is 109 Å². The SMILES string of the molecule is N#Cc1cc([C@@H](C(F)F)N2CCNCC2)ccc1F. The Hall–Kier alpha value is -1.58. The van der Waals surface area contributed by atoms with Gasteiger partial charge >= 0.3 is 0 Å². The molecule has 1 heterocycles. The summed E-state index contributed by atoms with van der Waals surface area (Å²) in [5.74, 6) is -0.681. The minimum atomic E-state index is -2.57. The predicted octanol–water partition coefficient (Wildman–Crippen LogP) is 1.91. The van der Waals surface area contributed by atoms with E-state index in [1.165, 1.54) is 12.1 Å². The van der Waals surface area contributed by atoms with Gasteiger partial charge in [0.05, 0.1) is 11.6 Å². The van der Waals surface area contributed by atoms with Gasteiger partial charge in [-0.1, -0.05) is 6.07 Å². The standard InChI is InChI=1S/C13H14F3N3/c14-11-2-1-9(7-10(11)8-17)12(13(15)16)19-5-3-18-4-6-19/h1-2,7,12-13,18H,3-6H2/t12-/m0/s1. The number of hydrogen-bond donors (Lipinski definition) is 1. The fourth-order valence-corrected chi connectivity index (χ4v) is 2.29. The summed E-state index contributed by atoms with van der Waals surface area (Å²) in [5.41, 5.74) is 0.0909. The first-order chi connectivity index (χ1) is 9.13. The summed E-state index contributed by atoms with van der Waals surface area (Å²) in [7, 11) is 0. The third kappa shape index (κ3) is 3.06. The number of nitrogens with zero attached hydrogens (tertiary/aromatic N) is 2. The van der Waals surface area contributed by atoms with Gasteiger partial charge in [-0.3, -0.25) is 4.90 Å². The molecule has 1 saturated heterocycles. The molecule has 2 rings (SSSR count). The summed E-state index contributed by atoms with van der Waals surface area (Å²) < 4.78 is 39.8. The van der Waals surface area contributed by atoms with Crippen LogP contribution in [-0.2, 0) is 0 Å². The molecule has 1 atom stereocenters. The lowest BCUT2D eigenvalue weighted by Crippen LogP contribution is -2.46. The van der Waals surface area contributed by atoms with Crippen molar-refractivity contribution in [2.24, 2.45) is 0 Å². The summed E-state index contributed by atoms with van der Waals surface area (Å²) in [6, 6.07) is 4.21. The molecule has 102 valence electrons. The number of rotatable bonds is 3. The van der Waals surface area contributed by atoms with Crippen LogP contribution in [0.1, 0.15) is 17.2 Å². The molecule has 1 N–H and O–H groups in total. The number of piperazine rings is 1. The summed E-state index contributed by atoms with van der Waals surface area (Å²) in [5, 5.41) is 11.9. The maximum atomic E-state index is 13.3. The van der Waals surface area contributed by atoms with Gasteiger partial charge in [0.15, 0.2) is 0 Å². The Bertz CT molecular complexity index is 479. The average Bonchev–Trinajstić information content (AvgIpc) is 2.41. The van der Waals surface area contributed by atoms with Crippen molar-refractivity contribution in [2.75, 3.05) is 26.2 Å². The van der Waals surface area contributed by atoms with E-state index in [1.54, 1.807) is 11.0 Å². The maximum absolute atomic E-state index is 13.3. The summed E-state index contributed by atoms with van der Waals surface area (Å²) >= 11 is 0. The van der Waals surface area contributed by atoms with Gasteiger partial charge in [0, 0.05) is 26.2 Å². The van der Waals surface area contributed by atoms with Crippen molar-refractivity contribution in [3.05, 3.63) is 35.1 Å². The fourth-order valence-electron chi connectivity index (χ4n) is 2.29. The molecule has 0 aliphatic carbocycles. The van der Waals surface area contributed by atoms with Crippen molar-refractivity contribution in [1.29, 1.82) is 5.26 Å². The van der Waals surface area contributed by atoms with Crippen LogP contribution in [0.3, 0.4) is 0 Å². The van der Waals surface area contributed by atoms with Crippen LogP contribution in [0.5, 0.6) is 0 Å². The fraction of sp³-hybridized carbons (Fsp3) is 0.462. The van der Waals surface area contributed by atoms with E-state index in [2.05, 4.69) is 5.32 Å². The molecule has 0 aromatic heterocycles. The number of nitriles is 1. The quantitative estimate of drug-likeness (QED) is 0.911. The van der Waals surface area contributed by atoms with Gasteiger partial charge < -0.3 is 5.32 Å². The van der Waals surface area contributed by atoms with E-state index in [0.29, 0.717) is 26.2 Å². The van der Waals surface area contributed by atoms with Crippen molar-refractivity contribution >= 4 is 0 Å². The zero-order valence-corrected chi connectivity index (χ0v) is 10.2. The van der Waals surface area contributed by atoms with E-state index in [9.17, 15) is 13.2 Å². The van der Waals surface area contributed by atoms with Crippen molar-refractivity contribution in [3.63, 3.8) is 0 Å². The lowest BCUT2D eigenvalue weighted by atomic mass is 10.0. The van der Waals surface area contributed by atoms with Crippen LogP contribution < -0.4 is 5.32 Å². The highest BCUT2D eigenvalue weighted by Crippen LogP contribution is 2.28. The van der Waals surface area contributed by atoms with Crippen molar-refractivity contribution in [2.45, 2.75) is 12.5 Å². The highest BCUT2D eigenvalue weighted by molar-refractivity contribution is 5.36. The van der Waals surface area contributed by atoms with Gasteiger partial charge in [0.2, 0.25) is 0 Å². The van der Waals surface area contributed by atoms with Crippen LogP contribution >= 0.6 is 0 Å². The molecule has 0 radical (unpaired) electrons. The first-order valence-electron chi connectivity index (χ1n) is 6.06. The number of alkyl halides is 2. The van der Waals surface area contributed by atoms with Crippen molar-refractivity contribution < 1.29 is 13.2 Å². The Morgan fingerprint density at radius 3 is 2.53 bits per heavy atom. The molecule has 1 aliphatic heterocycles. The summed E-state index contributed by atoms with van der Waals surface area (Å²) in [6.07, 6.45) is -2.57. The van der Waals surface area contributed by atoms with E-state index in [0.717, 1.165) is 6.07 Å². The first-order valence-corrected chi connectivity index (χ1v) is 6.06. The van der Waals surface area contributed by atoms with E-state index in [4.69, 9.17) is 5.26 Å². The molecule has 0 bridgehead atoms. The third-order valence-corrected chi connectivity index (χ3v) is 3.24. The number of hydrogen-bond acceptors (Lipinski definition) is 3. The molecule has 0 unspecified atom stereocenters. The monoisotopic (exact) mass is 269 g/mol. The average molecular weight is 269 g/mol. The molecule has 1 aromatic carbocycles. The summed E-state index contributed by atoms with van der Waals surface area (Å²) in [6.45, 7) is 2.31. The topological polar surface area (TPSA) is 39.1 Å². The maximum Gasteiger partial charge on any atom is 0.258 e. The van der Waals surface area contributed by atoms with Crippen LogP contribution in [0, 0.1) is 17.1 Å². The lowest BCUT2D eigenvalue weighted by molar-refractivity contribution is 0.0181. The molecule has 0 amide bonds. The van der Waals surface area contributed by atoms with E-state index in [1.807, 2.05) is 0 Å². The van der Waals surface area contributed by atoms with Crippen LogP contribution in [-0.4, -0.2) is 37.5 Å². The molecular formula is C13H14F3N3. The molecule has 19 heavy (non-hydrogen) atoms. The molecule has 0 spiro atoms. The van der Waals surface area contributed by atoms with Gasteiger partial charge in [0.25, 0.3) is 6.43 Å². The second kappa shape index (κ2) is 6.04. The van der Waals surface area contributed by atoms with Crippen LogP contribution in [0.15, 0.2) is 18.2 Å². The van der Waals surface area contributed by atoms with Gasteiger partial charge in [-0.25, -0.2) is 13.2 Å². The largest absolute Gasteiger partial charge is 0.314 e. The normalized spacial score (nSPS) is 18.3. The molecule has 1 fully saturated rings. The minimum Gasteiger partial charge on any atom is -0.314 e. The number of benzene rings is 1. The van der Waals surface area contributed by atoms with Crippen LogP contribution in [0.4, 0.5) is 13.2 Å². The van der Waals surface area contributed by atoms with Crippen LogP contribution in [0.25, 0.3) is 0 Å². The Morgan fingerprint density at radius 1 is 1.26 bits per heavy atom. The second-order valence-corrected chi connectivity index (χ2v) is 4.42.